The van der Waals surface area contributed by atoms with Crippen LogP contribution in [0.1, 0.15) is 28.9 Å². The molecule has 1 saturated heterocycles. The summed E-state index contributed by atoms with van der Waals surface area (Å²) in [5, 5.41) is 3.50. The van der Waals surface area contributed by atoms with Crippen LogP contribution in [0.15, 0.2) is 36.4 Å². The molecule has 0 aliphatic carbocycles. The number of anilines is 1. The topological polar surface area (TPSA) is 62.3 Å². The summed E-state index contributed by atoms with van der Waals surface area (Å²) in [6, 6.07) is 9.61. The van der Waals surface area contributed by atoms with Crippen molar-refractivity contribution >= 4 is 40.8 Å². The third kappa shape index (κ3) is 3.94. The van der Waals surface area contributed by atoms with Crippen LogP contribution in [-0.2, 0) is 4.79 Å². The maximum absolute atomic E-state index is 12.8. The van der Waals surface area contributed by atoms with Crippen molar-refractivity contribution < 1.29 is 9.59 Å². The summed E-state index contributed by atoms with van der Waals surface area (Å²) < 4.78 is 0. The number of pyridine rings is 1. The Bertz CT molecular complexity index is 826. The Kier molecular flexibility index (Phi) is 5.25. The van der Waals surface area contributed by atoms with Crippen molar-refractivity contribution in [3.05, 3.63) is 57.7 Å². The van der Waals surface area contributed by atoms with Gasteiger partial charge in [0.25, 0.3) is 5.91 Å². The smallest absolute Gasteiger partial charge is 0.254 e. The number of benzene rings is 1. The van der Waals surface area contributed by atoms with Gasteiger partial charge in [-0.05, 0) is 50.1 Å². The zero-order valence-corrected chi connectivity index (χ0v) is 15.1. The van der Waals surface area contributed by atoms with Gasteiger partial charge in [-0.2, -0.15) is 0 Å². The summed E-state index contributed by atoms with van der Waals surface area (Å²) in [7, 11) is 0. The molecule has 1 fully saturated rings. The van der Waals surface area contributed by atoms with Crippen LogP contribution in [0.4, 0.5) is 5.82 Å². The Labute approximate surface area is 155 Å². The van der Waals surface area contributed by atoms with Crippen LogP contribution in [0.25, 0.3) is 0 Å². The molecule has 1 N–H and O–H groups in total. The molecule has 1 aliphatic rings. The molecule has 5 nitrogen and oxygen atoms in total. The van der Waals surface area contributed by atoms with Gasteiger partial charge in [0.2, 0.25) is 5.91 Å². The number of nitrogens with one attached hydrogen (secondary N) is 1. The summed E-state index contributed by atoms with van der Waals surface area (Å²) in [6.45, 7) is 2.38. The van der Waals surface area contributed by atoms with Crippen LogP contribution in [0, 0.1) is 6.92 Å². The summed E-state index contributed by atoms with van der Waals surface area (Å²) in [5.41, 5.74) is 1.23. The van der Waals surface area contributed by atoms with E-state index in [4.69, 9.17) is 23.2 Å². The molecule has 7 heteroatoms. The summed E-state index contributed by atoms with van der Waals surface area (Å²) >= 11 is 11.9. The quantitative estimate of drug-likeness (QED) is 0.880. The highest BCUT2D eigenvalue weighted by Crippen LogP contribution is 2.26. The van der Waals surface area contributed by atoms with Crippen molar-refractivity contribution in [3.63, 3.8) is 0 Å². The number of nitrogens with zero attached hydrogens (tertiary/aromatic N) is 2. The first-order chi connectivity index (χ1) is 12.0. The van der Waals surface area contributed by atoms with Crippen molar-refractivity contribution in [2.75, 3.05) is 11.9 Å². The standard InChI is InChI=1S/C18H17Cl2N3O2/c1-11-4-2-6-16(21-11)22-17(24)15-5-3-9-23(15)18(25)12-7-8-13(19)14(20)10-12/h2,4,6-8,10,15H,3,5,9H2,1H3,(H,21,22,24)/t15-/m0/s1. The first-order valence-electron chi connectivity index (χ1n) is 7.96. The van der Waals surface area contributed by atoms with Gasteiger partial charge in [-0.3, -0.25) is 9.59 Å². The number of aryl methyl sites for hydroxylation is 1. The van der Waals surface area contributed by atoms with E-state index >= 15 is 0 Å². The van der Waals surface area contributed by atoms with E-state index < -0.39 is 6.04 Å². The van der Waals surface area contributed by atoms with Crippen LogP contribution in [-0.4, -0.2) is 34.3 Å². The Morgan fingerprint density at radius 3 is 2.72 bits per heavy atom. The molecule has 2 aromatic rings. The number of rotatable bonds is 3. The van der Waals surface area contributed by atoms with E-state index in [1.807, 2.05) is 19.1 Å². The Morgan fingerprint density at radius 2 is 2.00 bits per heavy atom. The lowest BCUT2D eigenvalue weighted by molar-refractivity contribution is -0.119. The second kappa shape index (κ2) is 7.42. The zero-order valence-electron chi connectivity index (χ0n) is 13.6. The summed E-state index contributed by atoms with van der Waals surface area (Å²) in [5.74, 6) is 0.0243. The van der Waals surface area contributed by atoms with Crippen molar-refractivity contribution in [3.8, 4) is 0 Å². The molecule has 1 aliphatic heterocycles. The van der Waals surface area contributed by atoms with Gasteiger partial charge < -0.3 is 10.2 Å². The largest absolute Gasteiger partial charge is 0.327 e. The minimum atomic E-state index is -0.524. The third-order valence-corrected chi connectivity index (χ3v) is 4.86. The summed E-state index contributed by atoms with van der Waals surface area (Å²) in [6.07, 6.45) is 1.39. The van der Waals surface area contributed by atoms with Crippen molar-refractivity contribution in [2.45, 2.75) is 25.8 Å². The second-order valence-corrected chi connectivity index (χ2v) is 6.75. The van der Waals surface area contributed by atoms with Gasteiger partial charge in [0.05, 0.1) is 10.0 Å². The van der Waals surface area contributed by atoms with E-state index in [0.717, 1.165) is 12.1 Å². The minimum absolute atomic E-state index is 0.228. The van der Waals surface area contributed by atoms with Crippen LogP contribution in [0.2, 0.25) is 10.0 Å². The maximum Gasteiger partial charge on any atom is 0.254 e. The molecule has 0 spiro atoms. The first kappa shape index (κ1) is 17.7. The lowest BCUT2D eigenvalue weighted by Crippen LogP contribution is -2.43. The lowest BCUT2D eigenvalue weighted by atomic mass is 10.1. The van der Waals surface area contributed by atoms with E-state index in [1.54, 1.807) is 23.1 Å². The number of hydrogen-bond donors (Lipinski definition) is 1. The average Bonchev–Trinajstić information content (AvgIpc) is 3.06. The third-order valence-electron chi connectivity index (χ3n) is 4.12. The molecule has 0 unspecified atom stereocenters. The molecule has 1 aromatic carbocycles. The van der Waals surface area contributed by atoms with Crippen LogP contribution in [0.5, 0.6) is 0 Å². The van der Waals surface area contributed by atoms with E-state index in [0.29, 0.717) is 34.4 Å². The van der Waals surface area contributed by atoms with Gasteiger partial charge in [-0.1, -0.05) is 29.3 Å². The zero-order chi connectivity index (χ0) is 18.0. The highest BCUT2D eigenvalue weighted by atomic mass is 35.5. The monoisotopic (exact) mass is 377 g/mol. The van der Waals surface area contributed by atoms with E-state index in [9.17, 15) is 9.59 Å². The number of hydrogen-bond acceptors (Lipinski definition) is 3. The number of halogens is 2. The molecule has 3 rings (SSSR count). The van der Waals surface area contributed by atoms with E-state index in [2.05, 4.69) is 10.3 Å². The highest BCUT2D eigenvalue weighted by molar-refractivity contribution is 6.42. The van der Waals surface area contributed by atoms with Crippen molar-refractivity contribution in [1.29, 1.82) is 0 Å². The summed E-state index contributed by atoms with van der Waals surface area (Å²) in [4.78, 5) is 31.2. The number of carbonyl (C=O) groups is 2. The molecule has 0 bridgehead atoms. The molecule has 130 valence electrons. The molecule has 25 heavy (non-hydrogen) atoms. The molecule has 0 radical (unpaired) electrons. The van der Waals surface area contributed by atoms with Gasteiger partial charge in [-0.15, -0.1) is 0 Å². The molecule has 0 saturated carbocycles. The first-order valence-corrected chi connectivity index (χ1v) is 8.72. The predicted octanol–water partition coefficient (Wildman–Crippen LogP) is 3.94. The molecule has 2 heterocycles. The van der Waals surface area contributed by atoms with Crippen LogP contribution in [0.3, 0.4) is 0 Å². The Balaban J connectivity index is 1.76. The average molecular weight is 378 g/mol. The van der Waals surface area contributed by atoms with E-state index in [-0.39, 0.29) is 11.8 Å². The van der Waals surface area contributed by atoms with Crippen molar-refractivity contribution in [2.24, 2.45) is 0 Å². The highest BCUT2D eigenvalue weighted by Gasteiger charge is 2.34. The fourth-order valence-corrected chi connectivity index (χ4v) is 3.20. The van der Waals surface area contributed by atoms with Crippen LogP contribution >= 0.6 is 23.2 Å². The van der Waals surface area contributed by atoms with Crippen molar-refractivity contribution in [1.82, 2.24) is 9.88 Å². The maximum atomic E-state index is 12.8. The number of amides is 2. The fourth-order valence-electron chi connectivity index (χ4n) is 2.90. The van der Waals surface area contributed by atoms with Gasteiger partial charge in [-0.25, -0.2) is 4.98 Å². The Morgan fingerprint density at radius 1 is 1.20 bits per heavy atom. The molecule has 2 amide bonds. The fraction of sp³-hybridized carbons (Fsp3) is 0.278. The molecular weight excluding hydrogens is 361 g/mol. The lowest BCUT2D eigenvalue weighted by Gasteiger charge is -2.24. The van der Waals surface area contributed by atoms with Crippen LogP contribution < -0.4 is 5.32 Å². The van der Waals surface area contributed by atoms with Gasteiger partial charge in [0, 0.05) is 17.8 Å². The van der Waals surface area contributed by atoms with Gasteiger partial charge in [0.1, 0.15) is 11.9 Å². The number of aromatic nitrogens is 1. The van der Waals surface area contributed by atoms with Gasteiger partial charge >= 0.3 is 0 Å². The minimum Gasteiger partial charge on any atom is -0.327 e. The van der Waals surface area contributed by atoms with E-state index in [1.165, 1.54) is 6.07 Å². The predicted molar refractivity (Wildman–Crippen MR) is 98.1 cm³/mol. The molecular formula is C18H17Cl2N3O2. The molecule has 1 atom stereocenters. The number of carbonyl (C=O) groups excluding carboxylic acids is 2. The normalized spacial score (nSPS) is 16.8. The SMILES string of the molecule is Cc1cccc(NC(=O)[C@@H]2CCCN2C(=O)c2ccc(Cl)c(Cl)c2)n1. The Hall–Kier alpha value is -2.11. The number of likely N-dealkylation sites (tertiary alicyclic amines) is 1. The molecule has 1 aromatic heterocycles. The second-order valence-electron chi connectivity index (χ2n) is 5.94. The van der Waals surface area contributed by atoms with Gasteiger partial charge in [0.15, 0.2) is 0 Å².